The number of aromatic nitrogens is 2. The summed E-state index contributed by atoms with van der Waals surface area (Å²) in [7, 11) is 0. The van der Waals surface area contributed by atoms with E-state index in [1.54, 1.807) is 0 Å². The molecule has 0 spiro atoms. The first-order chi connectivity index (χ1) is 10.1. The van der Waals surface area contributed by atoms with Crippen LogP contribution in [-0.2, 0) is 6.54 Å². The summed E-state index contributed by atoms with van der Waals surface area (Å²) in [5.41, 5.74) is 3.24. The molecule has 108 valence electrons. The van der Waals surface area contributed by atoms with Crippen molar-refractivity contribution in [3.63, 3.8) is 0 Å². The van der Waals surface area contributed by atoms with Crippen LogP contribution in [-0.4, -0.2) is 9.97 Å². The van der Waals surface area contributed by atoms with Crippen LogP contribution in [0.2, 0.25) is 5.02 Å². The Morgan fingerprint density at radius 3 is 2.86 bits per heavy atom. The van der Waals surface area contributed by atoms with Crippen LogP contribution in [0.3, 0.4) is 0 Å². The number of rotatable bonds is 4. The SMILES string of the molecule is CC(NCc1ccc(Cl)c(Br)c1)c1nc2ccccc2[nH]1. The zero-order chi connectivity index (χ0) is 14.8. The van der Waals surface area contributed by atoms with Gasteiger partial charge in [0, 0.05) is 11.0 Å². The second-order valence-electron chi connectivity index (χ2n) is 4.99. The molecule has 0 aliphatic heterocycles. The summed E-state index contributed by atoms with van der Waals surface area (Å²) in [6.45, 7) is 2.86. The molecular formula is C16H15BrClN3. The predicted molar refractivity (Wildman–Crippen MR) is 90.5 cm³/mol. The fourth-order valence-electron chi connectivity index (χ4n) is 2.19. The van der Waals surface area contributed by atoms with E-state index in [4.69, 9.17) is 11.6 Å². The number of halogens is 2. The van der Waals surface area contributed by atoms with Gasteiger partial charge in [-0.15, -0.1) is 0 Å². The summed E-state index contributed by atoms with van der Waals surface area (Å²) >= 11 is 9.45. The number of H-pyrrole nitrogens is 1. The van der Waals surface area contributed by atoms with Gasteiger partial charge in [0.2, 0.25) is 0 Å². The first-order valence-electron chi connectivity index (χ1n) is 6.75. The van der Waals surface area contributed by atoms with Crippen molar-refractivity contribution in [2.75, 3.05) is 0 Å². The molecule has 0 fully saturated rings. The van der Waals surface area contributed by atoms with Crippen LogP contribution in [0.25, 0.3) is 11.0 Å². The maximum atomic E-state index is 6.00. The average molecular weight is 365 g/mol. The van der Waals surface area contributed by atoms with E-state index in [0.717, 1.165) is 32.9 Å². The predicted octanol–water partition coefficient (Wildman–Crippen LogP) is 4.83. The summed E-state index contributed by atoms with van der Waals surface area (Å²) in [5, 5.41) is 4.19. The smallest absolute Gasteiger partial charge is 0.124 e. The molecule has 3 rings (SSSR count). The second-order valence-corrected chi connectivity index (χ2v) is 6.25. The zero-order valence-electron chi connectivity index (χ0n) is 11.5. The normalized spacial score (nSPS) is 12.7. The van der Waals surface area contributed by atoms with Crippen LogP contribution in [0, 0.1) is 0 Å². The molecule has 0 aliphatic rings. The van der Waals surface area contributed by atoms with Crippen molar-refractivity contribution in [2.24, 2.45) is 0 Å². The minimum atomic E-state index is 0.145. The van der Waals surface area contributed by atoms with E-state index in [9.17, 15) is 0 Å². The number of para-hydroxylation sites is 2. The highest BCUT2D eigenvalue weighted by Crippen LogP contribution is 2.23. The van der Waals surface area contributed by atoms with Crippen LogP contribution in [0.4, 0.5) is 0 Å². The monoisotopic (exact) mass is 363 g/mol. The van der Waals surface area contributed by atoms with Gasteiger partial charge >= 0.3 is 0 Å². The van der Waals surface area contributed by atoms with Crippen LogP contribution in [0.5, 0.6) is 0 Å². The highest BCUT2D eigenvalue weighted by Gasteiger charge is 2.10. The van der Waals surface area contributed by atoms with Gasteiger partial charge in [-0.3, -0.25) is 0 Å². The quantitative estimate of drug-likeness (QED) is 0.696. The first-order valence-corrected chi connectivity index (χ1v) is 7.92. The molecule has 0 saturated carbocycles. The molecule has 2 N–H and O–H groups in total. The number of fused-ring (bicyclic) bond motifs is 1. The molecule has 0 bridgehead atoms. The van der Waals surface area contributed by atoms with Gasteiger partial charge < -0.3 is 10.3 Å². The van der Waals surface area contributed by atoms with E-state index in [1.165, 1.54) is 5.56 Å². The molecule has 0 saturated heterocycles. The number of nitrogens with one attached hydrogen (secondary N) is 2. The minimum Gasteiger partial charge on any atom is -0.341 e. The third-order valence-electron chi connectivity index (χ3n) is 3.41. The van der Waals surface area contributed by atoms with Crippen LogP contribution >= 0.6 is 27.5 Å². The first kappa shape index (κ1) is 14.6. The summed E-state index contributed by atoms with van der Waals surface area (Å²) in [6, 6.07) is 14.1. The van der Waals surface area contributed by atoms with Gasteiger partial charge in [0.15, 0.2) is 0 Å². The molecule has 0 amide bonds. The standard InChI is InChI=1S/C16H15BrClN3/c1-10(16-20-14-4-2-3-5-15(14)21-16)19-9-11-6-7-13(18)12(17)8-11/h2-8,10,19H,9H2,1H3,(H,20,21). The van der Waals surface area contributed by atoms with Crippen molar-refractivity contribution in [3.8, 4) is 0 Å². The fraction of sp³-hybridized carbons (Fsp3) is 0.188. The van der Waals surface area contributed by atoms with Gasteiger partial charge in [0.25, 0.3) is 0 Å². The third kappa shape index (κ3) is 3.28. The number of hydrogen-bond donors (Lipinski definition) is 2. The number of benzene rings is 2. The maximum Gasteiger partial charge on any atom is 0.124 e. The molecule has 1 atom stereocenters. The van der Waals surface area contributed by atoms with Gasteiger partial charge in [-0.05, 0) is 52.7 Å². The highest BCUT2D eigenvalue weighted by molar-refractivity contribution is 9.10. The largest absolute Gasteiger partial charge is 0.341 e. The van der Waals surface area contributed by atoms with Gasteiger partial charge in [-0.2, -0.15) is 0 Å². The third-order valence-corrected chi connectivity index (χ3v) is 4.63. The van der Waals surface area contributed by atoms with Crippen molar-refractivity contribution < 1.29 is 0 Å². The molecule has 0 aliphatic carbocycles. The molecule has 5 heteroatoms. The number of hydrogen-bond acceptors (Lipinski definition) is 2. The van der Waals surface area contributed by atoms with E-state index in [0.29, 0.717) is 0 Å². The van der Waals surface area contributed by atoms with E-state index >= 15 is 0 Å². The Bertz CT molecular complexity index is 736. The Morgan fingerprint density at radius 2 is 2.10 bits per heavy atom. The lowest BCUT2D eigenvalue weighted by molar-refractivity contribution is 0.552. The van der Waals surface area contributed by atoms with E-state index < -0.39 is 0 Å². The summed E-state index contributed by atoms with van der Waals surface area (Å²) in [6.07, 6.45) is 0. The van der Waals surface area contributed by atoms with Crippen molar-refractivity contribution in [1.29, 1.82) is 0 Å². The van der Waals surface area contributed by atoms with Crippen LogP contribution in [0.1, 0.15) is 24.4 Å². The Morgan fingerprint density at radius 1 is 1.29 bits per heavy atom. The lowest BCUT2D eigenvalue weighted by Gasteiger charge is -2.11. The maximum absolute atomic E-state index is 6.00. The molecule has 21 heavy (non-hydrogen) atoms. The Balaban J connectivity index is 1.70. The lowest BCUT2D eigenvalue weighted by atomic mass is 10.2. The lowest BCUT2D eigenvalue weighted by Crippen LogP contribution is -2.19. The Hall–Kier alpha value is -1.36. The molecule has 1 aromatic heterocycles. The van der Waals surface area contributed by atoms with Gasteiger partial charge in [0.05, 0.1) is 22.1 Å². The number of aromatic amines is 1. The number of imidazole rings is 1. The fourth-order valence-corrected chi connectivity index (χ4v) is 2.74. The summed E-state index contributed by atoms with van der Waals surface area (Å²) in [5.74, 6) is 0.948. The summed E-state index contributed by atoms with van der Waals surface area (Å²) < 4.78 is 0.917. The van der Waals surface area contributed by atoms with E-state index in [1.807, 2.05) is 42.5 Å². The van der Waals surface area contributed by atoms with Crippen molar-refractivity contribution >= 4 is 38.6 Å². The minimum absolute atomic E-state index is 0.145. The average Bonchev–Trinajstić information content (AvgIpc) is 2.92. The molecule has 1 heterocycles. The Labute approximate surface area is 136 Å². The van der Waals surface area contributed by atoms with Gasteiger partial charge in [-0.25, -0.2) is 4.98 Å². The molecule has 3 aromatic rings. The van der Waals surface area contributed by atoms with Crippen LogP contribution in [0.15, 0.2) is 46.9 Å². The van der Waals surface area contributed by atoms with Gasteiger partial charge in [-0.1, -0.05) is 29.8 Å². The number of nitrogens with zero attached hydrogens (tertiary/aromatic N) is 1. The zero-order valence-corrected chi connectivity index (χ0v) is 13.9. The Kier molecular flexibility index (Phi) is 4.29. The second kappa shape index (κ2) is 6.18. The molecule has 1 unspecified atom stereocenters. The van der Waals surface area contributed by atoms with Crippen LogP contribution < -0.4 is 5.32 Å². The molecule has 2 aromatic carbocycles. The van der Waals surface area contributed by atoms with Crippen molar-refractivity contribution in [2.45, 2.75) is 19.5 Å². The van der Waals surface area contributed by atoms with E-state index in [-0.39, 0.29) is 6.04 Å². The van der Waals surface area contributed by atoms with Crippen molar-refractivity contribution in [1.82, 2.24) is 15.3 Å². The molecular weight excluding hydrogens is 350 g/mol. The molecule has 3 nitrogen and oxygen atoms in total. The summed E-state index contributed by atoms with van der Waals surface area (Å²) in [4.78, 5) is 7.96. The topological polar surface area (TPSA) is 40.7 Å². The molecule has 0 radical (unpaired) electrons. The highest BCUT2D eigenvalue weighted by atomic mass is 79.9. The van der Waals surface area contributed by atoms with E-state index in [2.05, 4.69) is 38.1 Å². The van der Waals surface area contributed by atoms with Crippen molar-refractivity contribution in [3.05, 3.63) is 63.3 Å². The van der Waals surface area contributed by atoms with Gasteiger partial charge in [0.1, 0.15) is 5.82 Å².